The predicted molar refractivity (Wildman–Crippen MR) is 110 cm³/mol. The van der Waals surface area contributed by atoms with Crippen LogP contribution in [0.4, 0.5) is 0 Å². The summed E-state index contributed by atoms with van der Waals surface area (Å²) >= 11 is 2.65. The van der Waals surface area contributed by atoms with Gasteiger partial charge in [-0.25, -0.2) is 4.98 Å². The molecule has 6 nitrogen and oxygen atoms in total. The van der Waals surface area contributed by atoms with Gasteiger partial charge >= 0.3 is 0 Å². The lowest BCUT2D eigenvalue weighted by molar-refractivity contribution is -0.119. The molecule has 0 unspecified atom stereocenters. The third-order valence-electron chi connectivity index (χ3n) is 3.79. The maximum Gasteiger partial charge on any atom is 0.272 e. The lowest BCUT2D eigenvalue weighted by atomic mass is 10.2. The largest absolute Gasteiger partial charge is 0.497 e. The fourth-order valence-electron chi connectivity index (χ4n) is 2.62. The van der Waals surface area contributed by atoms with E-state index in [1.165, 1.54) is 23.1 Å². The van der Waals surface area contributed by atoms with E-state index in [-0.39, 0.29) is 23.3 Å². The Morgan fingerprint density at radius 1 is 1.37 bits per heavy atom. The molecular weight excluding hydrogens is 382 g/mol. The van der Waals surface area contributed by atoms with E-state index < -0.39 is 0 Å². The van der Waals surface area contributed by atoms with Crippen LogP contribution < -0.4 is 15.6 Å². The van der Waals surface area contributed by atoms with Crippen LogP contribution in [-0.4, -0.2) is 34.4 Å². The van der Waals surface area contributed by atoms with E-state index in [2.05, 4.69) is 10.3 Å². The summed E-state index contributed by atoms with van der Waals surface area (Å²) < 4.78 is 7.51. The molecule has 8 heteroatoms. The SMILES string of the molecule is COc1cccc(Cn2c(SCC(=O)NC(C)C)nc3ccsc3c2=O)c1. The molecular formula is C19H21N3O3S2. The number of nitrogens with zero attached hydrogens (tertiary/aromatic N) is 2. The topological polar surface area (TPSA) is 73.2 Å². The molecule has 142 valence electrons. The zero-order valence-electron chi connectivity index (χ0n) is 15.4. The van der Waals surface area contributed by atoms with Crippen LogP contribution in [0.1, 0.15) is 19.4 Å². The molecule has 0 saturated heterocycles. The van der Waals surface area contributed by atoms with Crippen molar-refractivity contribution in [1.82, 2.24) is 14.9 Å². The molecule has 3 aromatic rings. The van der Waals surface area contributed by atoms with Crippen LogP contribution in [0.25, 0.3) is 10.2 Å². The molecule has 0 aliphatic rings. The summed E-state index contributed by atoms with van der Waals surface area (Å²) in [4.78, 5) is 29.6. The third kappa shape index (κ3) is 4.70. The van der Waals surface area contributed by atoms with Gasteiger partial charge in [-0.2, -0.15) is 0 Å². The van der Waals surface area contributed by atoms with Crippen molar-refractivity contribution in [3.8, 4) is 5.75 Å². The predicted octanol–water partition coefficient (Wildman–Crippen LogP) is 3.13. The smallest absolute Gasteiger partial charge is 0.272 e. The number of carbonyl (C=O) groups excluding carboxylic acids is 1. The normalized spacial score (nSPS) is 11.1. The Hall–Kier alpha value is -2.32. The Kier molecular flexibility index (Phi) is 6.18. The molecule has 2 heterocycles. The number of fused-ring (bicyclic) bond motifs is 1. The molecule has 3 rings (SSSR count). The highest BCUT2D eigenvalue weighted by molar-refractivity contribution is 7.99. The maximum atomic E-state index is 13.0. The van der Waals surface area contributed by atoms with E-state index in [0.717, 1.165) is 11.3 Å². The highest BCUT2D eigenvalue weighted by atomic mass is 32.2. The Morgan fingerprint density at radius 3 is 2.93 bits per heavy atom. The molecule has 0 aliphatic carbocycles. The molecule has 27 heavy (non-hydrogen) atoms. The van der Waals surface area contributed by atoms with Crippen LogP contribution in [0.2, 0.25) is 0 Å². The van der Waals surface area contributed by atoms with Crippen molar-refractivity contribution in [1.29, 1.82) is 0 Å². The summed E-state index contributed by atoms with van der Waals surface area (Å²) in [7, 11) is 1.61. The van der Waals surface area contributed by atoms with E-state index >= 15 is 0 Å². The number of thioether (sulfide) groups is 1. The van der Waals surface area contributed by atoms with Crippen molar-refractivity contribution in [3.05, 3.63) is 51.6 Å². The number of carbonyl (C=O) groups is 1. The van der Waals surface area contributed by atoms with Gasteiger partial charge in [0.1, 0.15) is 10.4 Å². The Bertz CT molecular complexity index is 1010. The zero-order chi connectivity index (χ0) is 19.4. The molecule has 0 radical (unpaired) electrons. The summed E-state index contributed by atoms with van der Waals surface area (Å²) in [6.45, 7) is 4.19. The molecule has 1 N–H and O–H groups in total. The zero-order valence-corrected chi connectivity index (χ0v) is 17.0. The number of aromatic nitrogens is 2. The molecule has 0 fully saturated rings. The number of rotatable bonds is 7. The Labute approximate surface area is 165 Å². The van der Waals surface area contributed by atoms with Gasteiger partial charge < -0.3 is 10.1 Å². The third-order valence-corrected chi connectivity index (χ3v) is 5.66. The van der Waals surface area contributed by atoms with Gasteiger partial charge in [0.15, 0.2) is 5.16 Å². The second-order valence-electron chi connectivity index (χ2n) is 6.28. The van der Waals surface area contributed by atoms with Gasteiger partial charge in [-0.1, -0.05) is 23.9 Å². The molecule has 0 aliphatic heterocycles. The first-order chi connectivity index (χ1) is 13.0. The molecule has 0 bridgehead atoms. The summed E-state index contributed by atoms with van der Waals surface area (Å²) in [6, 6.07) is 9.48. The average Bonchev–Trinajstić information content (AvgIpc) is 3.11. The van der Waals surface area contributed by atoms with E-state index in [0.29, 0.717) is 21.9 Å². The lowest BCUT2D eigenvalue weighted by Gasteiger charge is -2.13. The Balaban J connectivity index is 1.94. The fraction of sp³-hybridized carbons (Fsp3) is 0.316. The number of methoxy groups -OCH3 is 1. The van der Waals surface area contributed by atoms with Crippen LogP contribution in [0.3, 0.4) is 0 Å². The monoisotopic (exact) mass is 403 g/mol. The standard InChI is InChI=1S/C19H21N3O3S2/c1-12(2)20-16(23)11-27-19-21-15-7-8-26-17(15)18(24)22(19)10-13-5-4-6-14(9-13)25-3/h4-9,12H,10-11H2,1-3H3,(H,20,23). The minimum atomic E-state index is -0.0930. The van der Waals surface area contributed by atoms with Gasteiger partial charge in [-0.05, 0) is 43.0 Å². The number of amides is 1. The van der Waals surface area contributed by atoms with Crippen molar-refractivity contribution in [2.75, 3.05) is 12.9 Å². The molecule has 1 amide bonds. The van der Waals surface area contributed by atoms with Gasteiger partial charge in [0, 0.05) is 6.04 Å². The van der Waals surface area contributed by atoms with Crippen molar-refractivity contribution in [2.45, 2.75) is 31.6 Å². The quantitative estimate of drug-likeness (QED) is 0.485. The van der Waals surface area contributed by atoms with Gasteiger partial charge in [0.05, 0.1) is 24.9 Å². The molecule has 0 saturated carbocycles. The summed E-state index contributed by atoms with van der Waals surface area (Å²) in [5.41, 5.74) is 1.51. The van der Waals surface area contributed by atoms with Crippen LogP contribution in [0.15, 0.2) is 45.7 Å². The van der Waals surface area contributed by atoms with E-state index in [1.807, 2.05) is 49.6 Å². The fourth-order valence-corrected chi connectivity index (χ4v) is 4.21. The van der Waals surface area contributed by atoms with Crippen molar-refractivity contribution >= 4 is 39.2 Å². The number of ether oxygens (including phenoxy) is 1. The minimum Gasteiger partial charge on any atom is -0.497 e. The maximum absolute atomic E-state index is 13.0. The van der Waals surface area contributed by atoms with Crippen molar-refractivity contribution in [3.63, 3.8) is 0 Å². The highest BCUT2D eigenvalue weighted by Crippen LogP contribution is 2.22. The van der Waals surface area contributed by atoms with Crippen LogP contribution in [-0.2, 0) is 11.3 Å². The van der Waals surface area contributed by atoms with Crippen molar-refractivity contribution < 1.29 is 9.53 Å². The van der Waals surface area contributed by atoms with Gasteiger partial charge in [0.25, 0.3) is 5.56 Å². The molecule has 2 aromatic heterocycles. The average molecular weight is 404 g/mol. The molecule has 0 spiro atoms. The Morgan fingerprint density at radius 2 is 2.19 bits per heavy atom. The number of nitrogens with one attached hydrogen (secondary N) is 1. The van der Waals surface area contributed by atoms with Gasteiger partial charge in [0.2, 0.25) is 5.91 Å². The van der Waals surface area contributed by atoms with Crippen LogP contribution in [0, 0.1) is 0 Å². The van der Waals surface area contributed by atoms with Gasteiger partial charge in [-0.3, -0.25) is 14.2 Å². The molecule has 1 aromatic carbocycles. The van der Waals surface area contributed by atoms with E-state index in [1.54, 1.807) is 11.7 Å². The van der Waals surface area contributed by atoms with Gasteiger partial charge in [-0.15, -0.1) is 11.3 Å². The van der Waals surface area contributed by atoms with E-state index in [4.69, 9.17) is 4.74 Å². The second kappa shape index (κ2) is 8.58. The summed E-state index contributed by atoms with van der Waals surface area (Å²) in [6.07, 6.45) is 0. The molecule has 0 atom stereocenters. The van der Waals surface area contributed by atoms with Crippen molar-refractivity contribution in [2.24, 2.45) is 0 Å². The van der Waals surface area contributed by atoms with E-state index in [9.17, 15) is 9.59 Å². The number of benzene rings is 1. The lowest BCUT2D eigenvalue weighted by Crippen LogP contribution is -2.32. The number of hydrogen-bond donors (Lipinski definition) is 1. The number of thiophene rings is 1. The second-order valence-corrected chi connectivity index (χ2v) is 8.14. The van der Waals surface area contributed by atoms with Crippen LogP contribution >= 0.6 is 23.1 Å². The first kappa shape index (κ1) is 19.4. The van der Waals surface area contributed by atoms with Crippen LogP contribution in [0.5, 0.6) is 5.75 Å². The highest BCUT2D eigenvalue weighted by Gasteiger charge is 2.15. The first-order valence-corrected chi connectivity index (χ1v) is 10.4. The first-order valence-electron chi connectivity index (χ1n) is 8.51. The summed E-state index contributed by atoms with van der Waals surface area (Å²) in [5, 5.41) is 5.25. The summed E-state index contributed by atoms with van der Waals surface area (Å²) in [5.74, 6) is 0.858. The minimum absolute atomic E-state index is 0.0735. The number of hydrogen-bond acceptors (Lipinski definition) is 6.